The van der Waals surface area contributed by atoms with Gasteiger partial charge in [0.25, 0.3) is 11.8 Å². The summed E-state index contributed by atoms with van der Waals surface area (Å²) in [4.78, 5) is 43.6. The van der Waals surface area contributed by atoms with Gasteiger partial charge >= 0.3 is 0 Å². The average molecular weight is 469 g/mol. The van der Waals surface area contributed by atoms with Gasteiger partial charge in [-0.15, -0.1) is 0 Å². The third kappa shape index (κ3) is 5.20. The fourth-order valence-corrected chi connectivity index (χ4v) is 4.44. The number of anilines is 2. The highest BCUT2D eigenvalue weighted by Gasteiger charge is 2.28. The van der Waals surface area contributed by atoms with Crippen molar-refractivity contribution in [3.63, 3.8) is 0 Å². The molecule has 1 N–H and O–H groups in total. The number of ether oxygens (including phenoxy) is 1. The van der Waals surface area contributed by atoms with Gasteiger partial charge in [0, 0.05) is 57.8 Å². The molecular formula is C25H29FN4O4. The highest BCUT2D eigenvalue weighted by atomic mass is 19.1. The van der Waals surface area contributed by atoms with Gasteiger partial charge in [-0.05, 0) is 43.2 Å². The minimum Gasteiger partial charge on any atom is -0.375 e. The molecule has 2 aromatic rings. The van der Waals surface area contributed by atoms with Gasteiger partial charge in [0.05, 0.1) is 11.1 Å². The summed E-state index contributed by atoms with van der Waals surface area (Å²) in [7, 11) is 1.45. The van der Waals surface area contributed by atoms with Crippen LogP contribution in [-0.2, 0) is 9.53 Å². The van der Waals surface area contributed by atoms with Crippen LogP contribution in [0.1, 0.15) is 33.6 Å². The Labute approximate surface area is 198 Å². The van der Waals surface area contributed by atoms with Crippen LogP contribution in [0, 0.1) is 5.82 Å². The molecule has 0 aliphatic carbocycles. The lowest BCUT2D eigenvalue weighted by molar-refractivity contribution is -0.119. The Morgan fingerprint density at radius 3 is 2.21 bits per heavy atom. The number of piperazine rings is 1. The largest absolute Gasteiger partial charge is 0.375 e. The van der Waals surface area contributed by atoms with E-state index in [4.69, 9.17) is 4.74 Å². The molecule has 0 unspecified atom stereocenters. The highest BCUT2D eigenvalue weighted by Crippen LogP contribution is 2.28. The molecule has 0 bridgehead atoms. The smallest absolute Gasteiger partial charge is 0.256 e. The molecule has 0 aromatic heterocycles. The van der Waals surface area contributed by atoms with Gasteiger partial charge in [-0.1, -0.05) is 12.1 Å². The van der Waals surface area contributed by atoms with Gasteiger partial charge in [-0.25, -0.2) is 4.39 Å². The molecule has 2 heterocycles. The SMILES string of the molecule is COCC(=O)Nc1ccc(N2CCN(C(=O)c3ccccc3F)CC2)c(C(=O)N2CCCC2)c1. The normalized spacial score (nSPS) is 16.0. The van der Waals surface area contributed by atoms with Crippen molar-refractivity contribution in [2.24, 2.45) is 0 Å². The number of rotatable bonds is 6. The number of likely N-dealkylation sites (tertiary alicyclic amines) is 1. The molecule has 2 aromatic carbocycles. The Hall–Kier alpha value is -3.46. The van der Waals surface area contributed by atoms with Crippen LogP contribution >= 0.6 is 0 Å². The van der Waals surface area contributed by atoms with Gasteiger partial charge in [-0.3, -0.25) is 14.4 Å². The zero-order valence-electron chi connectivity index (χ0n) is 19.3. The van der Waals surface area contributed by atoms with Crippen molar-refractivity contribution in [3.05, 3.63) is 59.4 Å². The molecule has 0 spiro atoms. The Morgan fingerprint density at radius 1 is 0.882 bits per heavy atom. The van der Waals surface area contributed by atoms with Crippen LogP contribution in [0.3, 0.4) is 0 Å². The second-order valence-corrected chi connectivity index (χ2v) is 8.47. The van der Waals surface area contributed by atoms with E-state index < -0.39 is 5.82 Å². The van der Waals surface area contributed by atoms with Crippen LogP contribution in [0.2, 0.25) is 0 Å². The molecule has 0 atom stereocenters. The summed E-state index contributed by atoms with van der Waals surface area (Å²) in [5.74, 6) is -1.22. The van der Waals surface area contributed by atoms with E-state index in [0.717, 1.165) is 18.5 Å². The minimum atomic E-state index is -0.528. The molecule has 4 rings (SSSR count). The van der Waals surface area contributed by atoms with Crippen molar-refractivity contribution < 1.29 is 23.5 Å². The topological polar surface area (TPSA) is 82.2 Å². The van der Waals surface area contributed by atoms with Crippen molar-refractivity contribution in [2.45, 2.75) is 12.8 Å². The summed E-state index contributed by atoms with van der Waals surface area (Å²) >= 11 is 0. The fourth-order valence-electron chi connectivity index (χ4n) is 4.44. The second kappa shape index (κ2) is 10.6. The number of amides is 3. The lowest BCUT2D eigenvalue weighted by Crippen LogP contribution is -2.49. The lowest BCUT2D eigenvalue weighted by Gasteiger charge is -2.37. The Balaban J connectivity index is 1.52. The predicted octanol–water partition coefficient (Wildman–Crippen LogP) is 2.61. The molecule has 9 heteroatoms. The summed E-state index contributed by atoms with van der Waals surface area (Å²) in [5, 5.41) is 2.76. The lowest BCUT2D eigenvalue weighted by atomic mass is 10.1. The molecule has 3 amide bonds. The molecule has 2 fully saturated rings. The van der Waals surface area contributed by atoms with E-state index in [1.165, 1.54) is 19.2 Å². The van der Waals surface area contributed by atoms with E-state index in [9.17, 15) is 18.8 Å². The Bertz CT molecular complexity index is 1060. The first kappa shape index (κ1) is 23.7. The highest BCUT2D eigenvalue weighted by molar-refractivity contribution is 6.02. The number of hydrogen-bond donors (Lipinski definition) is 1. The quantitative estimate of drug-likeness (QED) is 0.705. The number of nitrogens with one attached hydrogen (secondary N) is 1. The Kier molecular flexibility index (Phi) is 7.42. The zero-order chi connectivity index (χ0) is 24.1. The van der Waals surface area contributed by atoms with Gasteiger partial charge in [0.15, 0.2) is 0 Å². The van der Waals surface area contributed by atoms with Gasteiger partial charge in [0.1, 0.15) is 12.4 Å². The summed E-state index contributed by atoms with van der Waals surface area (Å²) in [6.07, 6.45) is 1.95. The Morgan fingerprint density at radius 2 is 1.53 bits per heavy atom. The molecule has 34 heavy (non-hydrogen) atoms. The summed E-state index contributed by atoms with van der Waals surface area (Å²) in [5.41, 5.74) is 1.88. The van der Waals surface area contributed by atoms with Gasteiger partial charge in [-0.2, -0.15) is 0 Å². The third-order valence-corrected chi connectivity index (χ3v) is 6.19. The average Bonchev–Trinajstić information content (AvgIpc) is 3.39. The number of carbonyl (C=O) groups is 3. The fraction of sp³-hybridized carbons (Fsp3) is 0.400. The maximum atomic E-state index is 14.1. The van der Waals surface area contributed by atoms with Crippen molar-refractivity contribution >= 4 is 29.1 Å². The molecule has 2 aliphatic heterocycles. The third-order valence-electron chi connectivity index (χ3n) is 6.19. The van der Waals surface area contributed by atoms with E-state index in [1.54, 1.807) is 29.2 Å². The van der Waals surface area contributed by atoms with Crippen LogP contribution in [0.15, 0.2) is 42.5 Å². The summed E-state index contributed by atoms with van der Waals surface area (Å²) in [6.45, 7) is 3.20. The number of carbonyl (C=O) groups excluding carboxylic acids is 3. The van der Waals surface area contributed by atoms with Gasteiger partial charge < -0.3 is 24.8 Å². The van der Waals surface area contributed by atoms with E-state index in [2.05, 4.69) is 10.2 Å². The molecule has 2 aliphatic rings. The van der Waals surface area contributed by atoms with Crippen LogP contribution in [-0.4, -0.2) is 80.5 Å². The van der Waals surface area contributed by atoms with Crippen molar-refractivity contribution in [3.8, 4) is 0 Å². The monoisotopic (exact) mass is 468 g/mol. The number of methoxy groups -OCH3 is 1. The van der Waals surface area contributed by atoms with E-state index in [1.807, 2.05) is 11.0 Å². The molecule has 0 saturated carbocycles. The predicted molar refractivity (Wildman–Crippen MR) is 127 cm³/mol. The first-order valence-electron chi connectivity index (χ1n) is 11.5. The minimum absolute atomic E-state index is 0.0667. The van der Waals surface area contributed by atoms with Crippen molar-refractivity contribution in [2.75, 3.05) is 63.2 Å². The zero-order valence-corrected chi connectivity index (χ0v) is 19.3. The molecular weight excluding hydrogens is 439 g/mol. The van der Waals surface area contributed by atoms with Gasteiger partial charge in [0.2, 0.25) is 5.91 Å². The second-order valence-electron chi connectivity index (χ2n) is 8.47. The number of nitrogens with zero attached hydrogens (tertiary/aromatic N) is 3. The van der Waals surface area contributed by atoms with Crippen molar-refractivity contribution in [1.82, 2.24) is 9.80 Å². The molecule has 8 nitrogen and oxygen atoms in total. The molecule has 0 radical (unpaired) electrons. The van der Waals surface area contributed by atoms with Crippen LogP contribution in [0.5, 0.6) is 0 Å². The number of benzene rings is 2. The maximum absolute atomic E-state index is 14.1. The first-order chi connectivity index (χ1) is 16.5. The van der Waals surface area contributed by atoms with Crippen molar-refractivity contribution in [1.29, 1.82) is 0 Å². The first-order valence-corrected chi connectivity index (χ1v) is 11.5. The van der Waals surface area contributed by atoms with Crippen LogP contribution in [0.4, 0.5) is 15.8 Å². The standard InChI is InChI=1S/C25H29FN4O4/c1-34-17-23(31)27-18-8-9-22(20(16-18)25(33)29-10-4-5-11-29)28-12-14-30(15-13-28)24(32)19-6-2-3-7-21(19)26/h2-3,6-9,16H,4-5,10-15,17H2,1H3,(H,27,31). The van der Waals surface area contributed by atoms with E-state index in [-0.39, 0.29) is 29.9 Å². The van der Waals surface area contributed by atoms with E-state index >= 15 is 0 Å². The molecule has 2 saturated heterocycles. The molecule has 180 valence electrons. The number of halogens is 1. The summed E-state index contributed by atoms with van der Waals surface area (Å²) < 4.78 is 18.9. The van der Waals surface area contributed by atoms with Crippen LogP contribution in [0.25, 0.3) is 0 Å². The van der Waals surface area contributed by atoms with E-state index in [0.29, 0.717) is 50.5 Å². The number of hydrogen-bond acceptors (Lipinski definition) is 5. The van der Waals surface area contributed by atoms with Crippen LogP contribution < -0.4 is 10.2 Å². The summed E-state index contributed by atoms with van der Waals surface area (Å²) in [6, 6.07) is 11.3. The maximum Gasteiger partial charge on any atom is 0.256 e.